The lowest BCUT2D eigenvalue weighted by Crippen LogP contribution is -2.19. The first-order valence-corrected chi connectivity index (χ1v) is 3.19. The summed E-state index contributed by atoms with van der Waals surface area (Å²) >= 11 is 0. The van der Waals surface area contributed by atoms with Crippen molar-refractivity contribution in [2.24, 2.45) is 5.92 Å². The molecule has 0 bridgehead atoms. The van der Waals surface area contributed by atoms with E-state index in [0.29, 0.717) is 5.92 Å². The third-order valence-corrected chi connectivity index (χ3v) is 1.78. The summed E-state index contributed by atoms with van der Waals surface area (Å²) in [5.41, 5.74) is 0. The van der Waals surface area contributed by atoms with Gasteiger partial charge in [-0.3, -0.25) is 0 Å². The summed E-state index contributed by atoms with van der Waals surface area (Å²) in [5, 5.41) is 12.2. The van der Waals surface area contributed by atoms with E-state index in [1.54, 1.807) is 0 Å². The highest BCUT2D eigenvalue weighted by Gasteiger charge is 2.18. The molecule has 0 amide bonds. The summed E-state index contributed by atoms with van der Waals surface area (Å²) in [6.07, 6.45) is 1.02. The monoisotopic (exact) mass is 115 g/mol. The largest absolute Gasteiger partial charge is 0.393 e. The minimum atomic E-state index is -0.120. The molecule has 2 heteroatoms. The topological polar surface area (TPSA) is 32.3 Å². The van der Waals surface area contributed by atoms with Crippen molar-refractivity contribution >= 4 is 0 Å². The van der Waals surface area contributed by atoms with E-state index in [1.165, 1.54) is 0 Å². The second-order valence-electron chi connectivity index (χ2n) is 2.49. The molecule has 1 heterocycles. The Balaban J connectivity index is 2.24. The molecule has 1 unspecified atom stereocenters. The Labute approximate surface area is 49.9 Å². The van der Waals surface area contributed by atoms with E-state index in [4.69, 9.17) is 5.11 Å². The number of aliphatic hydroxyl groups is 1. The van der Waals surface area contributed by atoms with E-state index < -0.39 is 0 Å². The molecular formula is C6H13NO. The first-order valence-electron chi connectivity index (χ1n) is 3.19. The van der Waals surface area contributed by atoms with Crippen LogP contribution in [-0.2, 0) is 0 Å². The molecule has 1 aliphatic heterocycles. The quantitative estimate of drug-likeness (QED) is 0.503. The molecule has 2 nitrogen and oxygen atoms in total. The molecule has 0 radical (unpaired) electrons. The van der Waals surface area contributed by atoms with Crippen LogP contribution in [0.25, 0.3) is 0 Å². The maximum atomic E-state index is 9.01. The van der Waals surface area contributed by atoms with Crippen molar-refractivity contribution in [3.63, 3.8) is 0 Å². The van der Waals surface area contributed by atoms with Crippen LogP contribution < -0.4 is 5.32 Å². The second-order valence-corrected chi connectivity index (χ2v) is 2.49. The average molecular weight is 115 g/mol. The predicted octanol–water partition coefficient (Wildman–Crippen LogP) is -0.0233. The number of nitrogens with one attached hydrogen (secondary N) is 1. The molecule has 0 aromatic carbocycles. The number of aliphatic hydroxyl groups excluding tert-OH is 1. The lowest BCUT2D eigenvalue weighted by Gasteiger charge is -2.09. The Hall–Kier alpha value is -0.0800. The molecule has 0 saturated carbocycles. The fourth-order valence-corrected chi connectivity index (χ4v) is 1.09. The Morgan fingerprint density at radius 2 is 2.50 bits per heavy atom. The van der Waals surface area contributed by atoms with Gasteiger partial charge < -0.3 is 10.4 Å². The van der Waals surface area contributed by atoms with Crippen LogP contribution in [-0.4, -0.2) is 24.3 Å². The molecule has 0 spiro atoms. The van der Waals surface area contributed by atoms with E-state index in [9.17, 15) is 0 Å². The molecule has 1 aliphatic rings. The maximum Gasteiger partial charge on any atom is 0.0552 e. The zero-order valence-electron chi connectivity index (χ0n) is 5.22. The van der Waals surface area contributed by atoms with Crippen LogP contribution in [0.3, 0.4) is 0 Å². The van der Waals surface area contributed by atoms with Crippen LogP contribution in [0.1, 0.15) is 13.3 Å². The maximum absolute atomic E-state index is 9.01. The van der Waals surface area contributed by atoms with Gasteiger partial charge in [0.15, 0.2) is 0 Å². The fourth-order valence-electron chi connectivity index (χ4n) is 1.09. The molecule has 1 saturated heterocycles. The fraction of sp³-hybridized carbons (Fsp3) is 1.00. The van der Waals surface area contributed by atoms with Crippen molar-refractivity contribution in [3.05, 3.63) is 0 Å². The zero-order chi connectivity index (χ0) is 5.98. The van der Waals surface area contributed by atoms with Gasteiger partial charge >= 0.3 is 0 Å². The van der Waals surface area contributed by atoms with Gasteiger partial charge in [0, 0.05) is 6.54 Å². The van der Waals surface area contributed by atoms with E-state index in [0.717, 1.165) is 19.5 Å². The van der Waals surface area contributed by atoms with Gasteiger partial charge in [-0.15, -0.1) is 0 Å². The van der Waals surface area contributed by atoms with Crippen LogP contribution in [0, 0.1) is 5.92 Å². The normalized spacial score (nSPS) is 33.0. The van der Waals surface area contributed by atoms with Gasteiger partial charge in [-0.05, 0) is 25.8 Å². The lowest BCUT2D eigenvalue weighted by atomic mass is 10.0. The van der Waals surface area contributed by atoms with Crippen molar-refractivity contribution < 1.29 is 5.11 Å². The van der Waals surface area contributed by atoms with Crippen molar-refractivity contribution in [2.75, 3.05) is 13.1 Å². The Morgan fingerprint density at radius 1 is 1.75 bits per heavy atom. The van der Waals surface area contributed by atoms with Crippen molar-refractivity contribution in [2.45, 2.75) is 19.4 Å². The Bertz CT molecular complexity index is 66.9. The molecule has 1 rings (SSSR count). The summed E-state index contributed by atoms with van der Waals surface area (Å²) in [7, 11) is 0. The van der Waals surface area contributed by atoms with Gasteiger partial charge in [0.05, 0.1) is 6.10 Å². The van der Waals surface area contributed by atoms with Crippen LogP contribution >= 0.6 is 0 Å². The highest BCUT2D eigenvalue weighted by Crippen LogP contribution is 2.10. The summed E-state index contributed by atoms with van der Waals surface area (Å²) in [4.78, 5) is 0. The number of hydrogen-bond donors (Lipinski definition) is 2. The molecular weight excluding hydrogens is 102 g/mol. The summed E-state index contributed by atoms with van der Waals surface area (Å²) in [6.45, 7) is 3.94. The first kappa shape index (κ1) is 6.05. The molecule has 2 N–H and O–H groups in total. The molecule has 48 valence electrons. The van der Waals surface area contributed by atoms with Crippen LogP contribution in [0.4, 0.5) is 0 Å². The highest BCUT2D eigenvalue weighted by atomic mass is 16.3. The molecule has 1 fully saturated rings. The Morgan fingerprint density at radius 3 is 2.75 bits per heavy atom. The second kappa shape index (κ2) is 2.46. The molecule has 0 aromatic rings. The minimum Gasteiger partial charge on any atom is -0.393 e. The van der Waals surface area contributed by atoms with Gasteiger partial charge in [0.2, 0.25) is 0 Å². The standard InChI is InChI=1S/C6H13NO/c1-5(8)6-2-3-7-4-6/h5-8H,2-4H2,1H3/t5-,6?/m0/s1. The number of hydrogen-bond acceptors (Lipinski definition) is 2. The first-order chi connectivity index (χ1) is 3.80. The van der Waals surface area contributed by atoms with Crippen LogP contribution in [0.2, 0.25) is 0 Å². The summed E-state index contributed by atoms with van der Waals surface area (Å²) in [5.74, 6) is 0.509. The third-order valence-electron chi connectivity index (χ3n) is 1.78. The zero-order valence-corrected chi connectivity index (χ0v) is 5.22. The highest BCUT2D eigenvalue weighted by molar-refractivity contribution is 4.74. The van der Waals surface area contributed by atoms with Gasteiger partial charge in [-0.1, -0.05) is 0 Å². The molecule has 8 heavy (non-hydrogen) atoms. The van der Waals surface area contributed by atoms with Crippen molar-refractivity contribution in [1.82, 2.24) is 5.32 Å². The predicted molar refractivity (Wildman–Crippen MR) is 32.7 cm³/mol. The lowest BCUT2D eigenvalue weighted by molar-refractivity contribution is 0.136. The molecule has 0 aromatic heterocycles. The van der Waals surface area contributed by atoms with Crippen LogP contribution in [0.5, 0.6) is 0 Å². The van der Waals surface area contributed by atoms with Gasteiger partial charge in [-0.2, -0.15) is 0 Å². The third kappa shape index (κ3) is 1.20. The van der Waals surface area contributed by atoms with E-state index in [1.807, 2.05) is 6.92 Å². The Kier molecular flexibility index (Phi) is 1.86. The molecule has 0 aliphatic carbocycles. The smallest absolute Gasteiger partial charge is 0.0552 e. The minimum absolute atomic E-state index is 0.120. The van der Waals surface area contributed by atoms with Gasteiger partial charge in [-0.25, -0.2) is 0 Å². The summed E-state index contributed by atoms with van der Waals surface area (Å²) in [6, 6.07) is 0. The molecule has 2 atom stereocenters. The SMILES string of the molecule is C[C@H](O)C1CCNC1. The van der Waals surface area contributed by atoms with Gasteiger partial charge in [0.1, 0.15) is 0 Å². The number of rotatable bonds is 1. The van der Waals surface area contributed by atoms with Crippen molar-refractivity contribution in [3.8, 4) is 0 Å². The van der Waals surface area contributed by atoms with E-state index in [-0.39, 0.29) is 6.10 Å². The average Bonchev–Trinajstić information content (AvgIpc) is 2.12. The van der Waals surface area contributed by atoms with Gasteiger partial charge in [0.25, 0.3) is 0 Å². The van der Waals surface area contributed by atoms with Crippen LogP contribution in [0.15, 0.2) is 0 Å². The van der Waals surface area contributed by atoms with E-state index in [2.05, 4.69) is 5.32 Å². The van der Waals surface area contributed by atoms with Crippen molar-refractivity contribution in [1.29, 1.82) is 0 Å². The van der Waals surface area contributed by atoms with E-state index >= 15 is 0 Å². The summed E-state index contributed by atoms with van der Waals surface area (Å²) < 4.78 is 0.